The van der Waals surface area contributed by atoms with Crippen molar-refractivity contribution in [1.82, 2.24) is 4.90 Å². The first kappa shape index (κ1) is 25.1. The second kappa shape index (κ2) is 9.93. The molecule has 1 aliphatic heterocycles. The highest BCUT2D eigenvalue weighted by Gasteiger charge is 2.50. The molecule has 1 aliphatic carbocycles. The van der Waals surface area contributed by atoms with E-state index in [-0.39, 0.29) is 15.2 Å². The molecule has 1 heterocycles. The van der Waals surface area contributed by atoms with Crippen molar-refractivity contribution in [3.05, 3.63) is 58.6 Å². The molecule has 33 heavy (non-hydrogen) atoms. The molecular formula is C27H36ClNO2S2. The summed E-state index contributed by atoms with van der Waals surface area (Å²) in [5.41, 5.74) is 2.64. The number of methoxy groups -OCH3 is 2. The summed E-state index contributed by atoms with van der Waals surface area (Å²) in [6, 6.07) is 14.9. The van der Waals surface area contributed by atoms with E-state index in [0.29, 0.717) is 0 Å². The van der Waals surface area contributed by atoms with E-state index in [9.17, 15) is 0 Å². The number of rotatable bonds is 8. The molecule has 1 saturated carbocycles. The van der Waals surface area contributed by atoms with Gasteiger partial charge in [0.25, 0.3) is 0 Å². The largest absolute Gasteiger partial charge is 0.493 e. The van der Waals surface area contributed by atoms with Crippen LogP contribution in [0.4, 0.5) is 0 Å². The molecule has 0 amide bonds. The van der Waals surface area contributed by atoms with Gasteiger partial charge in [0.2, 0.25) is 0 Å². The van der Waals surface area contributed by atoms with E-state index < -0.39 is 0 Å². The Balaban J connectivity index is 1.75. The van der Waals surface area contributed by atoms with Gasteiger partial charge in [-0.25, -0.2) is 0 Å². The minimum atomic E-state index is -0.143. The van der Waals surface area contributed by atoms with Gasteiger partial charge in [-0.15, -0.1) is 23.5 Å². The van der Waals surface area contributed by atoms with E-state index in [2.05, 4.69) is 79.5 Å². The summed E-state index contributed by atoms with van der Waals surface area (Å²) in [5.74, 6) is 4.02. The quantitative estimate of drug-likeness (QED) is 0.368. The van der Waals surface area contributed by atoms with Crippen LogP contribution in [0.3, 0.4) is 0 Å². The first-order valence-electron chi connectivity index (χ1n) is 11.8. The van der Waals surface area contributed by atoms with Crippen molar-refractivity contribution >= 4 is 35.1 Å². The van der Waals surface area contributed by atoms with E-state index in [1.54, 1.807) is 14.2 Å². The first-order valence-corrected chi connectivity index (χ1v) is 14.1. The molecule has 0 atom stereocenters. The maximum Gasteiger partial charge on any atom is 0.161 e. The molecule has 4 rings (SSSR count). The van der Waals surface area contributed by atoms with Gasteiger partial charge in [0.1, 0.15) is 4.20 Å². The monoisotopic (exact) mass is 505 g/mol. The van der Waals surface area contributed by atoms with Crippen molar-refractivity contribution < 1.29 is 9.47 Å². The number of hydrogen-bond donors (Lipinski definition) is 0. The van der Waals surface area contributed by atoms with Crippen LogP contribution in [0.5, 0.6) is 11.5 Å². The average Bonchev–Trinajstić information content (AvgIpc) is 2.78. The molecule has 0 bridgehead atoms. The predicted molar refractivity (Wildman–Crippen MR) is 144 cm³/mol. The van der Waals surface area contributed by atoms with Crippen molar-refractivity contribution in [3.8, 4) is 11.5 Å². The van der Waals surface area contributed by atoms with Gasteiger partial charge in [0, 0.05) is 22.5 Å². The van der Waals surface area contributed by atoms with Crippen LogP contribution in [0.2, 0.25) is 5.02 Å². The Labute approximate surface area is 212 Å². The summed E-state index contributed by atoms with van der Waals surface area (Å²) in [6.07, 6.45) is 4.93. The van der Waals surface area contributed by atoms with Gasteiger partial charge in [0.15, 0.2) is 11.5 Å². The van der Waals surface area contributed by atoms with Crippen LogP contribution < -0.4 is 9.47 Å². The topological polar surface area (TPSA) is 21.7 Å². The Kier molecular flexibility index (Phi) is 7.55. The molecule has 0 spiro atoms. The molecule has 2 aromatic rings. The van der Waals surface area contributed by atoms with E-state index in [1.807, 2.05) is 12.1 Å². The highest BCUT2D eigenvalue weighted by molar-refractivity contribution is 8.18. The Morgan fingerprint density at radius 2 is 1.58 bits per heavy atom. The molecule has 2 aromatic carbocycles. The zero-order chi connectivity index (χ0) is 23.7. The minimum absolute atomic E-state index is 0.0144. The van der Waals surface area contributed by atoms with E-state index in [4.69, 9.17) is 21.1 Å². The van der Waals surface area contributed by atoms with Crippen LogP contribution in [0, 0.1) is 0 Å². The SMILES string of the molecule is COc1ccc(C2(CN(C3(C)SCCCS3)C(C)(C)c3ccc(Cl)cc3)CCC2)cc1OC. The van der Waals surface area contributed by atoms with Gasteiger partial charge in [-0.1, -0.05) is 36.2 Å². The Bertz CT molecular complexity index is 953. The molecule has 0 aromatic heterocycles. The minimum Gasteiger partial charge on any atom is -0.493 e. The number of halogens is 1. The summed E-state index contributed by atoms with van der Waals surface area (Å²) in [4.78, 5) is 2.77. The average molecular weight is 506 g/mol. The molecule has 6 heteroatoms. The maximum atomic E-state index is 6.24. The lowest BCUT2D eigenvalue weighted by molar-refractivity contribution is 0.0402. The highest BCUT2D eigenvalue weighted by atomic mass is 35.5. The number of benzene rings is 2. The summed E-state index contributed by atoms with van der Waals surface area (Å²) >= 11 is 10.4. The molecule has 1 saturated heterocycles. The zero-order valence-electron chi connectivity index (χ0n) is 20.4. The number of nitrogens with zero attached hydrogens (tertiary/aromatic N) is 1. The second-order valence-corrected chi connectivity index (χ2v) is 13.5. The van der Waals surface area contributed by atoms with Gasteiger partial charge in [-0.05, 0) is 86.9 Å². The maximum absolute atomic E-state index is 6.24. The van der Waals surface area contributed by atoms with E-state index in [1.165, 1.54) is 48.3 Å². The molecule has 0 radical (unpaired) electrons. The number of thioether (sulfide) groups is 2. The standard InChI is InChI=1S/C27H36ClNO2S2/c1-25(2,20-8-11-22(28)12-9-20)29(26(3)32-16-7-17-33-26)19-27(14-6-15-27)21-10-13-23(30-4)24(18-21)31-5/h8-13,18H,6-7,14-17,19H2,1-5H3. The molecular weight excluding hydrogens is 470 g/mol. The molecule has 0 N–H and O–H groups in total. The van der Waals surface area contributed by atoms with Crippen molar-refractivity contribution in [2.24, 2.45) is 0 Å². The summed E-state index contributed by atoms with van der Waals surface area (Å²) in [7, 11) is 3.42. The zero-order valence-corrected chi connectivity index (χ0v) is 22.8. The van der Waals surface area contributed by atoms with Crippen LogP contribution in [0.15, 0.2) is 42.5 Å². The Morgan fingerprint density at radius 1 is 0.939 bits per heavy atom. The highest BCUT2D eigenvalue weighted by Crippen LogP contribution is 2.54. The fourth-order valence-electron chi connectivity index (χ4n) is 5.25. The molecule has 180 valence electrons. The molecule has 3 nitrogen and oxygen atoms in total. The van der Waals surface area contributed by atoms with Gasteiger partial charge >= 0.3 is 0 Å². The number of hydrogen-bond acceptors (Lipinski definition) is 5. The molecule has 2 fully saturated rings. The fourth-order valence-corrected chi connectivity index (χ4v) is 8.63. The van der Waals surface area contributed by atoms with Gasteiger partial charge in [-0.2, -0.15) is 0 Å². The van der Waals surface area contributed by atoms with Crippen molar-refractivity contribution in [1.29, 1.82) is 0 Å². The third-order valence-electron chi connectivity index (χ3n) is 7.51. The third kappa shape index (κ3) is 4.89. The Hall–Kier alpha value is -1.01. The molecule has 2 aliphatic rings. The van der Waals surface area contributed by atoms with Gasteiger partial charge < -0.3 is 9.47 Å². The van der Waals surface area contributed by atoms with Crippen molar-refractivity contribution in [2.45, 2.75) is 61.6 Å². The van der Waals surface area contributed by atoms with Crippen LogP contribution in [-0.4, -0.2) is 41.4 Å². The van der Waals surface area contributed by atoms with Crippen LogP contribution >= 0.6 is 35.1 Å². The van der Waals surface area contributed by atoms with Crippen molar-refractivity contribution in [3.63, 3.8) is 0 Å². The first-order chi connectivity index (χ1) is 15.7. The normalized spacial score (nSPS) is 19.7. The number of ether oxygens (including phenoxy) is 2. The summed E-state index contributed by atoms with van der Waals surface area (Å²) in [6.45, 7) is 8.19. The van der Waals surface area contributed by atoms with E-state index in [0.717, 1.165) is 23.1 Å². The third-order valence-corrected chi connectivity index (χ3v) is 11.0. The lowest BCUT2D eigenvalue weighted by Crippen LogP contribution is -2.59. The van der Waals surface area contributed by atoms with Gasteiger partial charge in [-0.3, -0.25) is 4.90 Å². The van der Waals surface area contributed by atoms with Crippen LogP contribution in [0.1, 0.15) is 57.6 Å². The fraction of sp³-hybridized carbons (Fsp3) is 0.556. The smallest absolute Gasteiger partial charge is 0.161 e. The van der Waals surface area contributed by atoms with Crippen LogP contribution in [0.25, 0.3) is 0 Å². The lowest BCUT2D eigenvalue weighted by atomic mass is 9.63. The molecule has 0 unspecified atom stereocenters. The van der Waals surface area contributed by atoms with E-state index >= 15 is 0 Å². The summed E-state index contributed by atoms with van der Waals surface area (Å²) < 4.78 is 11.2. The Morgan fingerprint density at radius 3 is 2.12 bits per heavy atom. The lowest BCUT2D eigenvalue weighted by Gasteiger charge is -2.56. The predicted octanol–water partition coefficient (Wildman–Crippen LogP) is 7.56. The van der Waals surface area contributed by atoms with Crippen molar-refractivity contribution in [2.75, 3.05) is 32.3 Å². The summed E-state index contributed by atoms with van der Waals surface area (Å²) in [5, 5.41) is 0.787. The van der Waals surface area contributed by atoms with Crippen LogP contribution in [-0.2, 0) is 11.0 Å². The van der Waals surface area contributed by atoms with Gasteiger partial charge in [0.05, 0.1) is 14.2 Å². The second-order valence-electron chi connectivity index (χ2n) is 9.80.